The first-order valence-electron chi connectivity index (χ1n) is 6.07. The molecule has 2 aromatic rings. The third-order valence-corrected chi connectivity index (χ3v) is 6.51. The van der Waals surface area contributed by atoms with Gasteiger partial charge in [-0.05, 0) is 0 Å². The quantitative estimate of drug-likeness (QED) is 0.549. The van der Waals surface area contributed by atoms with Crippen molar-refractivity contribution in [2.75, 3.05) is 0 Å². The van der Waals surface area contributed by atoms with Gasteiger partial charge in [-0.1, -0.05) is 0 Å². The van der Waals surface area contributed by atoms with Crippen LogP contribution in [0.4, 0.5) is 0 Å². The Morgan fingerprint density at radius 3 is 1.75 bits per heavy atom. The van der Waals surface area contributed by atoms with Gasteiger partial charge in [-0.25, -0.2) is 0 Å². The molecule has 0 aliphatic rings. The standard InChI is InChI=1S/C16H14OS2Se/c1-13(17)20-12-16(18-14-8-4-2-5-9-14)19-15-10-6-3-7-11-15/h2-12H,1H3. The molecule has 0 atom stereocenters. The number of carbonyl (C=O) groups is 1. The third kappa shape index (κ3) is 5.59. The zero-order valence-electron chi connectivity index (χ0n) is 11.0. The van der Waals surface area contributed by atoms with E-state index < -0.39 is 0 Å². The third-order valence-electron chi connectivity index (χ3n) is 2.24. The Morgan fingerprint density at radius 2 is 1.35 bits per heavy atom. The Bertz CT molecular complexity index is 538. The SMILES string of the molecule is CC(=O)[Se]C=C(Sc1ccccc1)Sc1ccccc1. The van der Waals surface area contributed by atoms with Crippen molar-refractivity contribution >= 4 is 43.2 Å². The van der Waals surface area contributed by atoms with Gasteiger partial charge < -0.3 is 0 Å². The van der Waals surface area contributed by atoms with Crippen LogP contribution in [0.2, 0.25) is 0 Å². The average molecular weight is 365 g/mol. The number of rotatable bonds is 6. The summed E-state index contributed by atoms with van der Waals surface area (Å²) in [5.74, 6) is 0. The molecule has 0 heterocycles. The normalized spacial score (nSPS) is 10.1. The van der Waals surface area contributed by atoms with E-state index in [1.54, 1.807) is 30.4 Å². The topological polar surface area (TPSA) is 17.1 Å². The Kier molecular flexibility index (Phi) is 6.47. The van der Waals surface area contributed by atoms with E-state index in [1.165, 1.54) is 9.79 Å². The van der Waals surface area contributed by atoms with Gasteiger partial charge in [0.25, 0.3) is 0 Å². The molecule has 0 N–H and O–H groups in total. The Morgan fingerprint density at radius 1 is 0.900 bits per heavy atom. The summed E-state index contributed by atoms with van der Waals surface area (Å²) in [5.41, 5.74) is 0. The number of carbonyl (C=O) groups excluding carboxylic acids is 1. The van der Waals surface area contributed by atoms with Crippen LogP contribution in [0.15, 0.2) is 79.7 Å². The fraction of sp³-hybridized carbons (Fsp3) is 0.0625. The van der Waals surface area contributed by atoms with Crippen molar-refractivity contribution in [3.05, 3.63) is 69.9 Å². The predicted octanol–water partition coefficient (Wildman–Crippen LogP) is 4.62. The van der Waals surface area contributed by atoms with E-state index in [1.807, 2.05) is 36.4 Å². The van der Waals surface area contributed by atoms with E-state index in [9.17, 15) is 4.79 Å². The molecule has 0 fully saturated rings. The van der Waals surface area contributed by atoms with E-state index in [2.05, 4.69) is 29.2 Å². The molecule has 0 unspecified atom stereocenters. The Hall–Kier alpha value is -0.931. The molecule has 102 valence electrons. The Labute approximate surface area is 134 Å². The van der Waals surface area contributed by atoms with Crippen LogP contribution in [-0.4, -0.2) is 19.6 Å². The number of benzene rings is 2. The maximum atomic E-state index is 11.2. The van der Waals surface area contributed by atoms with E-state index in [4.69, 9.17) is 0 Å². The zero-order chi connectivity index (χ0) is 14.2. The van der Waals surface area contributed by atoms with Crippen LogP contribution in [-0.2, 0) is 4.79 Å². The summed E-state index contributed by atoms with van der Waals surface area (Å²) in [6.07, 6.45) is 0. The fourth-order valence-corrected chi connectivity index (χ4v) is 4.96. The van der Waals surface area contributed by atoms with E-state index in [0.717, 1.165) is 4.24 Å². The Balaban J connectivity index is 2.12. The molecule has 0 aromatic heterocycles. The number of hydrogen-bond acceptors (Lipinski definition) is 3. The summed E-state index contributed by atoms with van der Waals surface area (Å²) in [7, 11) is 0. The second kappa shape index (κ2) is 8.38. The van der Waals surface area contributed by atoms with Crippen LogP contribution in [0.5, 0.6) is 0 Å². The van der Waals surface area contributed by atoms with Crippen LogP contribution in [0.25, 0.3) is 0 Å². The molecule has 1 nitrogen and oxygen atoms in total. The molecule has 2 aromatic carbocycles. The molecule has 4 heteroatoms. The number of thioether (sulfide) groups is 2. The molecule has 0 saturated carbocycles. The van der Waals surface area contributed by atoms with Crippen molar-refractivity contribution in [1.29, 1.82) is 0 Å². The van der Waals surface area contributed by atoms with Crippen LogP contribution in [0.3, 0.4) is 0 Å². The van der Waals surface area contributed by atoms with Crippen molar-refractivity contribution in [1.82, 2.24) is 0 Å². The molecule has 0 saturated heterocycles. The summed E-state index contributed by atoms with van der Waals surface area (Å²) in [5, 5.41) is 0. The van der Waals surface area contributed by atoms with Gasteiger partial charge in [0.15, 0.2) is 0 Å². The van der Waals surface area contributed by atoms with E-state index in [0.29, 0.717) is 0 Å². The summed E-state index contributed by atoms with van der Waals surface area (Å²) >= 11 is 3.34. The summed E-state index contributed by atoms with van der Waals surface area (Å²) < 4.78 is 1.41. The maximum absolute atomic E-state index is 11.2. The van der Waals surface area contributed by atoms with Crippen LogP contribution in [0.1, 0.15) is 6.92 Å². The van der Waals surface area contributed by atoms with Crippen molar-refractivity contribution in [3.63, 3.8) is 0 Å². The molecule has 0 bridgehead atoms. The fourth-order valence-electron chi connectivity index (χ4n) is 1.41. The van der Waals surface area contributed by atoms with Crippen LogP contribution < -0.4 is 0 Å². The molecular formula is C16H14OS2Se. The van der Waals surface area contributed by atoms with E-state index >= 15 is 0 Å². The minimum atomic E-state index is -0.0844. The zero-order valence-corrected chi connectivity index (χ0v) is 14.3. The molecule has 0 spiro atoms. The van der Waals surface area contributed by atoms with Crippen LogP contribution >= 0.6 is 23.5 Å². The van der Waals surface area contributed by atoms with Crippen LogP contribution in [0, 0.1) is 0 Å². The minimum absolute atomic E-state index is 0.0844. The van der Waals surface area contributed by atoms with Gasteiger partial charge in [-0.2, -0.15) is 0 Å². The van der Waals surface area contributed by atoms with Gasteiger partial charge in [0.1, 0.15) is 0 Å². The molecule has 2 rings (SSSR count). The van der Waals surface area contributed by atoms with Crippen molar-refractivity contribution < 1.29 is 4.79 Å². The van der Waals surface area contributed by atoms with Gasteiger partial charge in [0.05, 0.1) is 0 Å². The van der Waals surface area contributed by atoms with Gasteiger partial charge in [0, 0.05) is 0 Å². The van der Waals surface area contributed by atoms with Gasteiger partial charge >= 0.3 is 135 Å². The molecule has 0 aliphatic heterocycles. The van der Waals surface area contributed by atoms with Crippen molar-refractivity contribution in [2.24, 2.45) is 0 Å². The molecule has 0 amide bonds. The van der Waals surface area contributed by atoms with Crippen molar-refractivity contribution in [3.8, 4) is 0 Å². The second-order valence-electron chi connectivity index (χ2n) is 3.88. The second-order valence-corrected chi connectivity index (χ2v) is 8.56. The first-order chi connectivity index (χ1) is 9.74. The number of hydrogen-bond donors (Lipinski definition) is 0. The summed E-state index contributed by atoms with van der Waals surface area (Å²) in [6, 6.07) is 20.5. The summed E-state index contributed by atoms with van der Waals surface area (Å²) in [4.78, 5) is 15.7. The average Bonchev–Trinajstić information content (AvgIpc) is 2.47. The van der Waals surface area contributed by atoms with Crippen molar-refractivity contribution in [2.45, 2.75) is 16.7 Å². The van der Waals surface area contributed by atoms with Gasteiger partial charge in [0.2, 0.25) is 0 Å². The monoisotopic (exact) mass is 366 g/mol. The summed E-state index contributed by atoms with van der Waals surface area (Å²) in [6.45, 7) is 1.65. The molecular weight excluding hydrogens is 351 g/mol. The first kappa shape index (κ1) is 15.5. The van der Waals surface area contributed by atoms with Gasteiger partial charge in [-0.15, -0.1) is 0 Å². The van der Waals surface area contributed by atoms with Gasteiger partial charge in [-0.3, -0.25) is 0 Å². The molecule has 0 aliphatic carbocycles. The van der Waals surface area contributed by atoms with E-state index in [-0.39, 0.29) is 19.6 Å². The molecule has 20 heavy (non-hydrogen) atoms. The molecule has 0 radical (unpaired) electrons. The predicted molar refractivity (Wildman–Crippen MR) is 89.1 cm³/mol. The first-order valence-corrected chi connectivity index (χ1v) is 9.55.